The average Bonchev–Trinajstić information content (AvgIpc) is 2.85. The molecular weight excluding hydrogens is 254 g/mol. The standard InChI is InChI=1S/C15H19N3O2/c1-3-20-14-6-4-12(5-7-14)15(19)16-9-8-13-10-18(2)11-17-13/h4-7,10-11H,3,8-9H2,1-2H3,(H,16,19). The van der Waals surface area contributed by atoms with E-state index in [0.717, 1.165) is 17.9 Å². The number of rotatable bonds is 6. The summed E-state index contributed by atoms with van der Waals surface area (Å²) in [5.74, 6) is 0.696. The van der Waals surface area contributed by atoms with Crippen LogP contribution in [0.2, 0.25) is 0 Å². The number of hydrogen-bond donors (Lipinski definition) is 1. The van der Waals surface area contributed by atoms with Crippen molar-refractivity contribution in [3.8, 4) is 5.75 Å². The van der Waals surface area contributed by atoms with Gasteiger partial charge in [-0.3, -0.25) is 4.79 Å². The third kappa shape index (κ3) is 3.85. The lowest BCUT2D eigenvalue weighted by molar-refractivity contribution is 0.0954. The van der Waals surface area contributed by atoms with Gasteiger partial charge in [-0.1, -0.05) is 0 Å². The van der Waals surface area contributed by atoms with Crippen LogP contribution in [0.25, 0.3) is 0 Å². The summed E-state index contributed by atoms with van der Waals surface area (Å²) in [4.78, 5) is 16.1. The minimum absolute atomic E-state index is 0.0796. The molecule has 0 aliphatic carbocycles. The van der Waals surface area contributed by atoms with Crippen molar-refractivity contribution in [2.75, 3.05) is 13.2 Å². The van der Waals surface area contributed by atoms with E-state index in [9.17, 15) is 4.79 Å². The molecule has 20 heavy (non-hydrogen) atoms. The molecule has 0 saturated heterocycles. The zero-order chi connectivity index (χ0) is 14.4. The third-order valence-electron chi connectivity index (χ3n) is 2.85. The highest BCUT2D eigenvalue weighted by atomic mass is 16.5. The molecule has 0 fully saturated rings. The zero-order valence-corrected chi connectivity index (χ0v) is 11.8. The Labute approximate surface area is 118 Å². The largest absolute Gasteiger partial charge is 0.494 e. The molecule has 0 unspecified atom stereocenters. The van der Waals surface area contributed by atoms with Crippen LogP contribution in [0.3, 0.4) is 0 Å². The molecule has 106 valence electrons. The predicted octanol–water partition coefficient (Wildman–Crippen LogP) is 1.79. The van der Waals surface area contributed by atoms with Crippen molar-refractivity contribution < 1.29 is 9.53 Å². The zero-order valence-electron chi connectivity index (χ0n) is 11.8. The molecule has 0 atom stereocenters. The molecule has 0 aliphatic rings. The van der Waals surface area contributed by atoms with Crippen molar-refractivity contribution in [2.45, 2.75) is 13.3 Å². The van der Waals surface area contributed by atoms with Gasteiger partial charge in [-0.2, -0.15) is 0 Å². The van der Waals surface area contributed by atoms with E-state index < -0.39 is 0 Å². The van der Waals surface area contributed by atoms with E-state index in [1.807, 2.05) is 24.7 Å². The first-order valence-corrected chi connectivity index (χ1v) is 6.67. The van der Waals surface area contributed by atoms with Gasteiger partial charge in [0.25, 0.3) is 5.91 Å². The van der Waals surface area contributed by atoms with E-state index in [1.165, 1.54) is 0 Å². The fourth-order valence-electron chi connectivity index (χ4n) is 1.87. The molecule has 2 aromatic rings. The smallest absolute Gasteiger partial charge is 0.251 e. The van der Waals surface area contributed by atoms with Gasteiger partial charge in [0.05, 0.1) is 18.6 Å². The van der Waals surface area contributed by atoms with Gasteiger partial charge in [0.2, 0.25) is 0 Å². The fraction of sp³-hybridized carbons (Fsp3) is 0.333. The normalized spacial score (nSPS) is 10.3. The number of amides is 1. The van der Waals surface area contributed by atoms with E-state index >= 15 is 0 Å². The van der Waals surface area contributed by atoms with Crippen LogP contribution in [0, 0.1) is 0 Å². The molecule has 0 bridgehead atoms. The minimum Gasteiger partial charge on any atom is -0.494 e. The molecule has 0 radical (unpaired) electrons. The Kier molecular flexibility index (Phi) is 4.76. The van der Waals surface area contributed by atoms with Gasteiger partial charge in [-0.05, 0) is 31.2 Å². The lowest BCUT2D eigenvalue weighted by atomic mass is 10.2. The van der Waals surface area contributed by atoms with Crippen molar-refractivity contribution >= 4 is 5.91 Å². The number of carbonyl (C=O) groups is 1. The number of ether oxygens (including phenoxy) is 1. The second-order valence-electron chi connectivity index (χ2n) is 4.49. The lowest BCUT2D eigenvalue weighted by Gasteiger charge is -2.06. The van der Waals surface area contributed by atoms with Gasteiger partial charge < -0.3 is 14.6 Å². The summed E-state index contributed by atoms with van der Waals surface area (Å²) in [5.41, 5.74) is 1.61. The quantitative estimate of drug-likeness (QED) is 0.873. The van der Waals surface area contributed by atoms with Gasteiger partial charge >= 0.3 is 0 Å². The van der Waals surface area contributed by atoms with Gasteiger partial charge in [-0.15, -0.1) is 0 Å². The number of hydrogen-bond acceptors (Lipinski definition) is 3. The topological polar surface area (TPSA) is 56.1 Å². The van der Waals surface area contributed by atoms with E-state index in [-0.39, 0.29) is 5.91 Å². The average molecular weight is 273 g/mol. The van der Waals surface area contributed by atoms with Crippen LogP contribution >= 0.6 is 0 Å². The molecular formula is C15H19N3O2. The van der Waals surface area contributed by atoms with Crippen LogP contribution in [-0.4, -0.2) is 28.6 Å². The number of aromatic nitrogens is 2. The summed E-state index contributed by atoms with van der Waals surface area (Å²) >= 11 is 0. The number of benzene rings is 1. The first-order chi connectivity index (χ1) is 9.69. The molecule has 1 aromatic carbocycles. The highest BCUT2D eigenvalue weighted by Gasteiger charge is 2.05. The van der Waals surface area contributed by atoms with Crippen LogP contribution in [0.15, 0.2) is 36.8 Å². The molecule has 0 aliphatic heterocycles. The Balaban J connectivity index is 1.82. The third-order valence-corrected chi connectivity index (χ3v) is 2.85. The van der Waals surface area contributed by atoms with Gasteiger partial charge in [-0.25, -0.2) is 4.98 Å². The van der Waals surface area contributed by atoms with Crippen molar-refractivity contribution in [3.05, 3.63) is 48.0 Å². The highest BCUT2D eigenvalue weighted by molar-refractivity contribution is 5.94. The monoisotopic (exact) mass is 273 g/mol. The van der Waals surface area contributed by atoms with Crippen molar-refractivity contribution in [2.24, 2.45) is 7.05 Å². The Morgan fingerprint density at radius 2 is 2.10 bits per heavy atom. The summed E-state index contributed by atoms with van der Waals surface area (Å²) in [6.07, 6.45) is 4.43. The van der Waals surface area contributed by atoms with Crippen molar-refractivity contribution in [1.82, 2.24) is 14.9 Å². The van der Waals surface area contributed by atoms with Crippen molar-refractivity contribution in [3.63, 3.8) is 0 Å². The lowest BCUT2D eigenvalue weighted by Crippen LogP contribution is -2.25. The van der Waals surface area contributed by atoms with E-state index in [1.54, 1.807) is 30.6 Å². The maximum atomic E-state index is 11.9. The van der Waals surface area contributed by atoms with E-state index in [4.69, 9.17) is 4.74 Å². The van der Waals surface area contributed by atoms with Gasteiger partial charge in [0.15, 0.2) is 0 Å². The molecule has 2 rings (SSSR count). The van der Waals surface area contributed by atoms with Gasteiger partial charge in [0.1, 0.15) is 5.75 Å². The van der Waals surface area contributed by atoms with Crippen LogP contribution in [0.5, 0.6) is 5.75 Å². The number of carbonyl (C=O) groups excluding carboxylic acids is 1. The summed E-state index contributed by atoms with van der Waals surface area (Å²) in [6.45, 7) is 3.12. The second-order valence-corrected chi connectivity index (χ2v) is 4.49. The second kappa shape index (κ2) is 6.75. The Morgan fingerprint density at radius 3 is 2.70 bits per heavy atom. The van der Waals surface area contributed by atoms with Crippen molar-refractivity contribution in [1.29, 1.82) is 0 Å². The number of nitrogens with one attached hydrogen (secondary N) is 1. The maximum absolute atomic E-state index is 11.9. The number of imidazole rings is 1. The van der Waals surface area contributed by atoms with Gasteiger partial charge in [0, 0.05) is 31.8 Å². The van der Waals surface area contributed by atoms with Crippen LogP contribution in [0.4, 0.5) is 0 Å². The Hall–Kier alpha value is -2.30. The SMILES string of the molecule is CCOc1ccc(C(=O)NCCc2cn(C)cn2)cc1. The predicted molar refractivity (Wildman–Crippen MR) is 76.9 cm³/mol. The maximum Gasteiger partial charge on any atom is 0.251 e. The Bertz CT molecular complexity index is 561. The highest BCUT2D eigenvalue weighted by Crippen LogP contribution is 2.11. The molecule has 1 N–H and O–H groups in total. The van der Waals surface area contributed by atoms with Crippen LogP contribution in [-0.2, 0) is 13.5 Å². The van der Waals surface area contributed by atoms with Crippen LogP contribution < -0.4 is 10.1 Å². The molecule has 1 heterocycles. The number of aryl methyl sites for hydroxylation is 1. The molecule has 5 nitrogen and oxygen atoms in total. The minimum atomic E-state index is -0.0796. The molecule has 1 aromatic heterocycles. The molecule has 1 amide bonds. The fourth-order valence-corrected chi connectivity index (χ4v) is 1.87. The molecule has 5 heteroatoms. The van der Waals surface area contributed by atoms with Crippen LogP contribution in [0.1, 0.15) is 23.0 Å². The summed E-state index contributed by atoms with van der Waals surface area (Å²) in [5, 5.41) is 2.88. The van der Waals surface area contributed by atoms with E-state index in [0.29, 0.717) is 18.7 Å². The Morgan fingerprint density at radius 1 is 1.35 bits per heavy atom. The summed E-state index contributed by atoms with van der Waals surface area (Å²) in [7, 11) is 1.93. The first-order valence-electron chi connectivity index (χ1n) is 6.67. The van der Waals surface area contributed by atoms with E-state index in [2.05, 4.69) is 10.3 Å². The number of nitrogens with zero attached hydrogens (tertiary/aromatic N) is 2. The summed E-state index contributed by atoms with van der Waals surface area (Å²) in [6, 6.07) is 7.14. The summed E-state index contributed by atoms with van der Waals surface area (Å²) < 4.78 is 7.23. The molecule has 0 spiro atoms. The molecule has 0 saturated carbocycles. The first kappa shape index (κ1) is 14.1.